The van der Waals surface area contributed by atoms with Crippen LogP contribution in [-0.4, -0.2) is 149 Å². The number of amides is 4. The normalized spacial score (nSPS) is 38.1. The molecule has 17 rings (SSSR count). The first-order valence-electron chi connectivity index (χ1n) is 40.8. The largest absolute Gasteiger partial charge is 0.464 e. The molecule has 5 aromatic rings. The molecule has 22 nitrogen and oxygen atoms in total. The number of hydrogen-bond donors (Lipinski definition) is 5. The van der Waals surface area contributed by atoms with E-state index in [0.29, 0.717) is 110 Å². The fourth-order valence-electron chi connectivity index (χ4n) is 25.8. The zero-order chi connectivity index (χ0) is 73.1. The van der Waals surface area contributed by atoms with Crippen molar-refractivity contribution < 1.29 is 47.7 Å². The smallest absolute Gasteiger partial charge is 0.328 e. The molecule has 0 radical (unpaired) electrons. The number of hydrogen-bond acceptors (Lipinski definition) is 17. The van der Waals surface area contributed by atoms with Gasteiger partial charge in [0, 0.05) is 70.4 Å². The fraction of sp³-hybridized carbons (Fsp3) is 0.732. The summed E-state index contributed by atoms with van der Waals surface area (Å²) in [7, 11) is 0. The molecule has 4 saturated heterocycles. The van der Waals surface area contributed by atoms with Gasteiger partial charge in [0.1, 0.15) is 49.9 Å². The number of nitrogens with one attached hydrogen (secondary N) is 4. The Balaban J connectivity index is 0.464. The van der Waals surface area contributed by atoms with Gasteiger partial charge in [-0.1, -0.05) is 76.2 Å². The maximum Gasteiger partial charge on any atom is 0.328 e. The Morgan fingerprint density at radius 3 is 1.42 bits per heavy atom. The van der Waals surface area contributed by atoms with Crippen LogP contribution in [0.5, 0.6) is 0 Å². The van der Waals surface area contributed by atoms with Crippen molar-refractivity contribution in [2.75, 3.05) is 31.3 Å². The summed E-state index contributed by atoms with van der Waals surface area (Å²) < 4.78 is 29.7. The highest BCUT2D eigenvalue weighted by Crippen LogP contribution is 2.71. The molecule has 4 amide bonds. The van der Waals surface area contributed by atoms with Gasteiger partial charge < -0.3 is 50.5 Å². The Hall–Kier alpha value is -6.40. The Labute approximate surface area is 631 Å². The molecule has 8 saturated carbocycles. The summed E-state index contributed by atoms with van der Waals surface area (Å²) >= 11 is 3.53. The van der Waals surface area contributed by atoms with Crippen LogP contribution < -0.4 is 27.0 Å². The van der Waals surface area contributed by atoms with Crippen molar-refractivity contribution in [3.8, 4) is 22.5 Å². The molecular formula is C82H112N12O10S2. The Morgan fingerprint density at radius 1 is 0.547 bits per heavy atom. The predicted octanol–water partition coefficient (Wildman–Crippen LogP) is 12.7. The SMILES string of the molecule is C[C@H](CCC(=O)OC[C@@H]1SC[C@@H]2NC(=O)N[C@@H]21)C1CC[C@H]2[C@@H]3CC[C@@H]4C[C@H](OC(=O)Cn5cc(-c6ccc7c8ccc(-c9cn(CC(=O)O[C@@H]%10CCC%11(C)C%12CCC%13(C)C([C@H](C)CCC(=O)OC[C@@H]%14SC[C@@H]%15NC(=O)N[C@@H]%15%14)CC[C@H]%13[C@@H]%12CC[C@H]%11C%10)nn9)cc8n(CCN)c7c6)nn5)CCC4(C)C3CCC12C. The lowest BCUT2D eigenvalue weighted by Gasteiger charge is -2.61. The minimum Gasteiger partial charge on any atom is -0.464 e. The van der Waals surface area contributed by atoms with Crippen molar-refractivity contribution in [1.82, 2.24) is 55.8 Å². The zero-order valence-electron chi connectivity index (χ0n) is 63.0. The number of carbonyl (C=O) groups excluding carboxylic acids is 6. The van der Waals surface area contributed by atoms with Crippen LogP contribution in [0.2, 0.25) is 0 Å². The maximum atomic E-state index is 13.8. The molecule has 106 heavy (non-hydrogen) atoms. The Bertz CT molecular complexity index is 3930. The van der Waals surface area contributed by atoms with Crippen LogP contribution in [0.4, 0.5) is 9.59 Å². The van der Waals surface area contributed by atoms with E-state index in [4.69, 9.17) is 24.7 Å². The van der Waals surface area contributed by atoms with E-state index in [1.165, 1.54) is 77.0 Å². The van der Waals surface area contributed by atoms with Crippen LogP contribution in [0.1, 0.15) is 183 Å². The number of nitrogens with zero attached hydrogens (tertiary/aromatic N) is 7. The molecule has 24 atom stereocenters. The summed E-state index contributed by atoms with van der Waals surface area (Å²) in [5, 5.41) is 32.3. The van der Waals surface area contributed by atoms with E-state index in [0.717, 1.165) is 108 Å². The third-order valence-corrected chi connectivity index (χ3v) is 33.9. The lowest BCUT2D eigenvalue weighted by Crippen LogP contribution is -2.54. The Kier molecular flexibility index (Phi) is 19.7. The third-order valence-electron chi connectivity index (χ3n) is 31.1. The highest BCUT2D eigenvalue weighted by Gasteiger charge is 2.63. The maximum absolute atomic E-state index is 13.8. The van der Waals surface area contributed by atoms with Gasteiger partial charge in [-0.15, -0.1) is 10.2 Å². The van der Waals surface area contributed by atoms with Crippen molar-refractivity contribution in [1.29, 1.82) is 0 Å². The van der Waals surface area contributed by atoms with E-state index >= 15 is 0 Å². The molecule has 0 spiro atoms. The van der Waals surface area contributed by atoms with E-state index in [1.54, 1.807) is 32.9 Å². The van der Waals surface area contributed by atoms with Crippen LogP contribution in [0.3, 0.4) is 0 Å². The molecule has 0 bridgehead atoms. The van der Waals surface area contributed by atoms with Gasteiger partial charge in [-0.2, -0.15) is 23.5 Å². The van der Waals surface area contributed by atoms with Gasteiger partial charge in [-0.3, -0.25) is 19.2 Å². The monoisotopic (exact) mass is 1490 g/mol. The number of rotatable bonds is 22. The molecule has 24 heteroatoms. The summed E-state index contributed by atoms with van der Waals surface area (Å²) in [4.78, 5) is 77.4. The number of urea groups is 2. The minimum atomic E-state index is -0.281. The van der Waals surface area contributed by atoms with Gasteiger partial charge in [0.15, 0.2) is 0 Å². The van der Waals surface area contributed by atoms with Gasteiger partial charge >= 0.3 is 35.9 Å². The van der Waals surface area contributed by atoms with Gasteiger partial charge in [-0.05, 0) is 233 Å². The first-order chi connectivity index (χ1) is 51.1. The molecule has 2 aromatic carbocycles. The summed E-state index contributed by atoms with van der Waals surface area (Å²) in [6.07, 6.45) is 26.7. The molecule has 3 aromatic heterocycles. The van der Waals surface area contributed by atoms with E-state index in [1.807, 2.05) is 12.4 Å². The van der Waals surface area contributed by atoms with E-state index < -0.39 is 0 Å². The van der Waals surface area contributed by atoms with E-state index in [2.05, 4.69) is 124 Å². The van der Waals surface area contributed by atoms with Crippen LogP contribution in [0, 0.1) is 92.7 Å². The van der Waals surface area contributed by atoms with Crippen LogP contribution >= 0.6 is 23.5 Å². The molecule has 572 valence electrons. The van der Waals surface area contributed by atoms with E-state index in [9.17, 15) is 28.8 Å². The second-order valence-electron chi connectivity index (χ2n) is 36.2. The first-order valence-corrected chi connectivity index (χ1v) is 42.9. The number of fused-ring (bicyclic) bond motifs is 15. The van der Waals surface area contributed by atoms with Crippen LogP contribution in [0.25, 0.3) is 44.3 Å². The van der Waals surface area contributed by atoms with Gasteiger partial charge in [-0.25, -0.2) is 19.0 Å². The van der Waals surface area contributed by atoms with Crippen LogP contribution in [0.15, 0.2) is 48.8 Å². The molecule has 8 aliphatic carbocycles. The molecule has 12 aliphatic rings. The summed E-state index contributed by atoms with van der Waals surface area (Å²) in [6, 6.07) is 12.6. The lowest BCUT2D eigenvalue weighted by molar-refractivity contribution is -0.164. The number of benzene rings is 2. The average Bonchev–Trinajstić information content (AvgIpc) is 1.27. The molecular weight excluding hydrogens is 1380 g/mol. The first kappa shape index (κ1) is 72.5. The van der Waals surface area contributed by atoms with Gasteiger partial charge in [0.2, 0.25) is 0 Å². The van der Waals surface area contributed by atoms with Gasteiger partial charge in [0.25, 0.3) is 0 Å². The number of carbonyl (C=O) groups is 6. The summed E-state index contributed by atoms with van der Waals surface area (Å²) in [6.45, 7) is 16.7. The fourth-order valence-corrected chi connectivity index (χ4v) is 28.5. The molecule has 4 aliphatic heterocycles. The second-order valence-corrected chi connectivity index (χ2v) is 38.7. The molecule has 12 fully saturated rings. The molecule has 6 N–H and O–H groups in total. The number of nitrogens with two attached hydrogens (primary N) is 1. The summed E-state index contributed by atoms with van der Waals surface area (Å²) in [5.41, 5.74) is 12.5. The number of esters is 4. The standard InChI is InChI=1S/C82H112N12O10S2/c1-45(7-21-71(95)101-41-69-75-65(43-105-69)84-77(99)86-75)57-17-19-59-55-15-11-49-35-51(23-27-79(49,3)61(55)25-29-81(57,59)5)103-73(97)39-92-37-63(88-90-92)47-9-13-53-54-14-10-48(34-68(54)94(32-31-83)67(53)33-47)64-38-93(91-89-64)40-74(98)104-52-24-28-80(4)50(36-52)12-16-56-60-20-18-58(82(60,6)30-26-62(56)80)46(2)8-22-72(96)102-42-70-76-66(44-106-70)85-78(100)87-76/h9-10,13-14,33-34,37-38,45-46,49-52,55-62,65-66,69-70,75-76H,7-8,11-12,15-32,35-36,39-44,83H2,1-6H3,(H2,84,86,99)(H2,85,87,100)/t45-,46-,49-,50+,51-,52-,55+,56+,57?,58?,59+,60+,61?,62?,65+,66+,69+,70+,75+,76+,79?,80?,81?,82?/m1/s1. The Morgan fingerprint density at radius 2 is 0.981 bits per heavy atom. The molecule has 8 unspecified atom stereocenters. The minimum absolute atomic E-state index is 0.0120. The summed E-state index contributed by atoms with van der Waals surface area (Å²) in [5.74, 6) is 8.28. The average molecular weight is 1490 g/mol. The zero-order valence-corrected chi connectivity index (χ0v) is 64.6. The highest BCUT2D eigenvalue weighted by molar-refractivity contribution is 8.00. The number of ether oxygens (including phenoxy) is 4. The predicted molar refractivity (Wildman–Crippen MR) is 406 cm³/mol. The second kappa shape index (κ2) is 28.8. The van der Waals surface area contributed by atoms with Crippen LogP contribution in [-0.2, 0) is 57.8 Å². The van der Waals surface area contributed by atoms with Gasteiger partial charge in [0.05, 0.1) is 47.1 Å². The van der Waals surface area contributed by atoms with Crippen molar-refractivity contribution in [3.05, 3.63) is 48.8 Å². The third kappa shape index (κ3) is 13.2. The van der Waals surface area contributed by atoms with E-state index in [-0.39, 0.29) is 118 Å². The quantitative estimate of drug-likeness (QED) is 0.0245. The topological polar surface area (TPSA) is 280 Å². The van der Waals surface area contributed by atoms with Crippen molar-refractivity contribution >= 4 is 81.3 Å². The van der Waals surface area contributed by atoms with Crippen molar-refractivity contribution in [3.63, 3.8) is 0 Å². The highest BCUT2D eigenvalue weighted by atomic mass is 32.2. The molecule has 7 heterocycles. The number of aromatic nitrogens is 7. The number of thioether (sulfide) groups is 2. The van der Waals surface area contributed by atoms with Crippen molar-refractivity contribution in [2.24, 2.45) is 98.4 Å². The lowest BCUT2D eigenvalue weighted by atomic mass is 9.44. The van der Waals surface area contributed by atoms with Crippen molar-refractivity contribution in [2.45, 2.75) is 249 Å².